The summed E-state index contributed by atoms with van der Waals surface area (Å²) in [5.74, 6) is -3.36. The zero-order valence-corrected chi connectivity index (χ0v) is 20.5. The summed E-state index contributed by atoms with van der Waals surface area (Å²) in [6.07, 6.45) is -2.52. The normalized spacial score (nSPS) is 13.5. The molecule has 1 aliphatic rings. The highest BCUT2D eigenvalue weighted by molar-refractivity contribution is 5.73. The van der Waals surface area contributed by atoms with Crippen molar-refractivity contribution < 1.29 is 50.6 Å². The summed E-state index contributed by atoms with van der Waals surface area (Å²) in [6, 6.07) is 8.05. The van der Waals surface area contributed by atoms with Crippen molar-refractivity contribution in [1.82, 2.24) is 24.3 Å². The highest BCUT2D eigenvalue weighted by Gasteiger charge is 2.38. The Kier molecular flexibility index (Phi) is 11.0. The summed E-state index contributed by atoms with van der Waals surface area (Å²) in [6.45, 7) is 5.43. The Morgan fingerprint density at radius 2 is 1.67 bits per heavy atom. The van der Waals surface area contributed by atoms with E-state index >= 15 is 0 Å². The van der Waals surface area contributed by atoms with Crippen LogP contribution in [0.3, 0.4) is 0 Å². The smallest absolute Gasteiger partial charge is 0.475 e. The molecule has 0 saturated heterocycles. The lowest BCUT2D eigenvalue weighted by Gasteiger charge is -2.26. The average molecular weight is 565 g/mol. The molecule has 0 aliphatic carbocycles. The molecule has 16 heteroatoms. The van der Waals surface area contributed by atoms with Crippen molar-refractivity contribution in [2.75, 3.05) is 13.6 Å². The third kappa shape index (κ3) is 11.2. The molecule has 0 amide bonds. The third-order valence-corrected chi connectivity index (χ3v) is 4.98. The molecule has 2 N–H and O–H groups in total. The number of pyridine rings is 1. The first-order valence-corrected chi connectivity index (χ1v) is 11.1. The van der Waals surface area contributed by atoms with E-state index in [-0.39, 0.29) is 0 Å². The summed E-state index contributed by atoms with van der Waals surface area (Å²) >= 11 is 0. The van der Waals surface area contributed by atoms with Gasteiger partial charge in [-0.3, -0.25) is 14.8 Å². The van der Waals surface area contributed by atoms with E-state index in [9.17, 15) is 26.3 Å². The average Bonchev–Trinajstić information content (AvgIpc) is 3.48. The molecular weight excluding hydrogens is 540 g/mol. The van der Waals surface area contributed by atoms with Gasteiger partial charge in [0.05, 0.1) is 25.0 Å². The number of carbonyl (C=O) groups is 2. The van der Waals surface area contributed by atoms with E-state index in [4.69, 9.17) is 29.2 Å². The van der Waals surface area contributed by atoms with Gasteiger partial charge in [-0.05, 0) is 30.8 Å². The van der Waals surface area contributed by atoms with Gasteiger partial charge in [-0.2, -0.15) is 26.3 Å². The number of carboxylic acid groups (broad SMARTS) is 2. The molecule has 0 saturated carbocycles. The van der Waals surface area contributed by atoms with Gasteiger partial charge in [-0.25, -0.2) is 14.6 Å². The summed E-state index contributed by atoms with van der Waals surface area (Å²) < 4.78 is 71.2. The van der Waals surface area contributed by atoms with E-state index in [0.717, 1.165) is 56.5 Å². The maximum Gasteiger partial charge on any atom is 0.490 e. The predicted octanol–water partition coefficient (Wildman–Crippen LogP) is 3.79. The van der Waals surface area contributed by atoms with Crippen LogP contribution in [0.4, 0.5) is 26.3 Å². The fraction of sp³-hybridized carbons (Fsp3) is 0.391. The quantitative estimate of drug-likeness (QED) is 0.430. The number of carboxylic acids is 2. The molecule has 3 aromatic rings. The lowest BCUT2D eigenvalue weighted by molar-refractivity contribution is -0.193. The van der Waals surface area contributed by atoms with Gasteiger partial charge < -0.3 is 19.2 Å². The van der Waals surface area contributed by atoms with Gasteiger partial charge in [-0.15, -0.1) is 0 Å². The molecule has 4 heterocycles. The molecule has 0 unspecified atom stereocenters. The van der Waals surface area contributed by atoms with Crippen LogP contribution in [0.5, 0.6) is 0 Å². The van der Waals surface area contributed by atoms with Crippen LogP contribution in [-0.4, -0.2) is 72.4 Å². The first kappa shape index (κ1) is 31.3. The van der Waals surface area contributed by atoms with Crippen LogP contribution in [0.1, 0.15) is 22.8 Å². The molecule has 10 nitrogen and oxygen atoms in total. The minimum atomic E-state index is -5.08. The van der Waals surface area contributed by atoms with E-state index in [1.807, 2.05) is 24.4 Å². The van der Waals surface area contributed by atoms with Crippen LogP contribution in [0.15, 0.2) is 53.5 Å². The summed E-state index contributed by atoms with van der Waals surface area (Å²) in [4.78, 5) is 31.5. The van der Waals surface area contributed by atoms with Crippen molar-refractivity contribution >= 4 is 11.9 Å². The van der Waals surface area contributed by atoms with Crippen LogP contribution >= 0.6 is 0 Å². The molecule has 4 rings (SSSR count). The SMILES string of the molecule is CN(Cc1cccnc1)Cc1cn2c(n1)CN(Cc1ccco1)CC2.O=C(O)C(F)(F)F.O=C(O)C(F)(F)F. The standard InChI is InChI=1S/C19H23N5O.2C2HF3O2/c1-22(11-16-4-2-6-20-10-16)12-17-13-24-8-7-23(15-19(24)21-17)14-18-5-3-9-25-18;2*3-2(4,5)1(6)7/h2-6,9-10,13H,7-8,11-12,14-15H2,1H3;2*(H,6,7). The lowest BCUT2D eigenvalue weighted by Crippen LogP contribution is -2.33. The molecule has 0 radical (unpaired) electrons. The molecule has 3 aromatic heterocycles. The monoisotopic (exact) mass is 565 g/mol. The first-order valence-electron chi connectivity index (χ1n) is 11.1. The fourth-order valence-electron chi connectivity index (χ4n) is 3.33. The topological polar surface area (TPSA) is 125 Å². The Labute approximate surface area is 218 Å². The molecule has 0 bridgehead atoms. The Balaban J connectivity index is 0.000000317. The van der Waals surface area contributed by atoms with E-state index < -0.39 is 24.3 Å². The number of aromatic nitrogens is 3. The zero-order chi connectivity index (χ0) is 29.2. The number of furan rings is 1. The van der Waals surface area contributed by atoms with E-state index in [1.165, 1.54) is 5.56 Å². The summed E-state index contributed by atoms with van der Waals surface area (Å²) in [7, 11) is 2.12. The van der Waals surface area contributed by atoms with Crippen LogP contribution in [0.25, 0.3) is 0 Å². The first-order chi connectivity index (χ1) is 18.1. The van der Waals surface area contributed by atoms with Gasteiger partial charge in [0.2, 0.25) is 0 Å². The number of imidazole rings is 1. The lowest BCUT2D eigenvalue weighted by atomic mass is 10.2. The molecule has 39 heavy (non-hydrogen) atoms. The molecule has 1 aliphatic heterocycles. The van der Waals surface area contributed by atoms with Crippen molar-refractivity contribution in [1.29, 1.82) is 0 Å². The maximum atomic E-state index is 10.6. The van der Waals surface area contributed by atoms with Gasteiger partial charge in [-0.1, -0.05) is 6.07 Å². The minimum Gasteiger partial charge on any atom is -0.475 e. The summed E-state index contributed by atoms with van der Waals surface area (Å²) in [5, 5.41) is 14.2. The Bertz CT molecular complexity index is 1160. The number of hydrogen-bond acceptors (Lipinski definition) is 7. The Morgan fingerprint density at radius 1 is 1.03 bits per heavy atom. The number of alkyl halides is 6. The number of hydrogen-bond donors (Lipinski definition) is 2. The number of aliphatic carboxylic acids is 2. The van der Waals surface area contributed by atoms with Gasteiger partial charge in [0.1, 0.15) is 11.6 Å². The zero-order valence-electron chi connectivity index (χ0n) is 20.5. The van der Waals surface area contributed by atoms with E-state index in [0.29, 0.717) is 0 Å². The van der Waals surface area contributed by atoms with Gasteiger partial charge in [0.15, 0.2) is 0 Å². The number of nitrogens with zero attached hydrogens (tertiary/aromatic N) is 5. The van der Waals surface area contributed by atoms with Crippen LogP contribution in [0, 0.1) is 0 Å². The third-order valence-electron chi connectivity index (χ3n) is 4.98. The fourth-order valence-corrected chi connectivity index (χ4v) is 3.33. The van der Waals surface area contributed by atoms with Gasteiger partial charge >= 0.3 is 24.3 Å². The molecule has 0 aromatic carbocycles. The second-order valence-electron chi connectivity index (χ2n) is 8.27. The van der Waals surface area contributed by atoms with Crippen molar-refractivity contribution in [3.63, 3.8) is 0 Å². The minimum absolute atomic E-state index is 0.840. The molecule has 0 atom stereocenters. The van der Waals surface area contributed by atoms with Crippen LogP contribution in [0.2, 0.25) is 0 Å². The number of fused-ring (bicyclic) bond motifs is 1. The van der Waals surface area contributed by atoms with Crippen molar-refractivity contribution in [3.05, 3.63) is 72.0 Å². The largest absolute Gasteiger partial charge is 0.490 e. The molecule has 214 valence electrons. The second kappa shape index (κ2) is 13.7. The van der Waals surface area contributed by atoms with Crippen molar-refractivity contribution in [2.24, 2.45) is 0 Å². The molecule has 0 spiro atoms. The summed E-state index contributed by atoms with van der Waals surface area (Å²) in [5.41, 5.74) is 2.35. The Morgan fingerprint density at radius 3 is 2.18 bits per heavy atom. The van der Waals surface area contributed by atoms with Crippen LogP contribution in [-0.2, 0) is 42.3 Å². The van der Waals surface area contributed by atoms with Gasteiger partial charge in [0, 0.05) is 44.8 Å². The Hall–Kier alpha value is -3.92. The highest BCUT2D eigenvalue weighted by atomic mass is 19.4. The highest BCUT2D eigenvalue weighted by Crippen LogP contribution is 2.17. The van der Waals surface area contributed by atoms with E-state index in [2.05, 4.69) is 38.7 Å². The molecule has 0 fully saturated rings. The van der Waals surface area contributed by atoms with Crippen molar-refractivity contribution in [2.45, 2.75) is 45.1 Å². The van der Waals surface area contributed by atoms with Crippen LogP contribution < -0.4 is 0 Å². The second-order valence-corrected chi connectivity index (χ2v) is 8.27. The van der Waals surface area contributed by atoms with Crippen molar-refractivity contribution in [3.8, 4) is 0 Å². The predicted molar refractivity (Wildman–Crippen MR) is 122 cm³/mol. The maximum absolute atomic E-state index is 10.6. The molecular formula is C23H25F6N5O5. The van der Waals surface area contributed by atoms with Gasteiger partial charge in [0.25, 0.3) is 0 Å². The number of halogens is 6. The number of rotatable bonds is 6. The van der Waals surface area contributed by atoms with E-state index in [1.54, 1.807) is 12.5 Å².